The lowest BCUT2D eigenvalue weighted by atomic mass is 10.1. The van der Waals surface area contributed by atoms with Crippen molar-refractivity contribution in [1.29, 1.82) is 0 Å². The highest BCUT2D eigenvalue weighted by Gasteiger charge is 2.32. The zero-order chi connectivity index (χ0) is 16.3. The zero-order valence-corrected chi connectivity index (χ0v) is 12.3. The van der Waals surface area contributed by atoms with E-state index >= 15 is 0 Å². The van der Waals surface area contributed by atoms with E-state index in [-0.39, 0.29) is 29.5 Å². The SMILES string of the molecule is C=CCN1C(=O)N/C(=C\c2cc(OC)c(O)c(OC)c2)C1=O. The molecule has 1 aromatic rings. The van der Waals surface area contributed by atoms with Crippen LogP contribution in [-0.4, -0.2) is 42.7 Å². The summed E-state index contributed by atoms with van der Waals surface area (Å²) in [6.45, 7) is 3.63. The van der Waals surface area contributed by atoms with Crippen LogP contribution in [0.3, 0.4) is 0 Å². The Morgan fingerprint density at radius 2 is 1.86 bits per heavy atom. The summed E-state index contributed by atoms with van der Waals surface area (Å²) in [4.78, 5) is 24.8. The van der Waals surface area contributed by atoms with Gasteiger partial charge in [0.25, 0.3) is 5.91 Å². The maximum Gasteiger partial charge on any atom is 0.329 e. The third-order valence-corrected chi connectivity index (χ3v) is 3.09. The number of phenols is 1. The summed E-state index contributed by atoms with van der Waals surface area (Å²) in [6.07, 6.45) is 2.95. The fourth-order valence-electron chi connectivity index (χ4n) is 2.03. The van der Waals surface area contributed by atoms with Crippen LogP contribution in [0.2, 0.25) is 0 Å². The monoisotopic (exact) mass is 304 g/mol. The van der Waals surface area contributed by atoms with Gasteiger partial charge < -0.3 is 19.9 Å². The minimum absolute atomic E-state index is 0.127. The van der Waals surface area contributed by atoms with E-state index in [1.807, 2.05) is 0 Å². The predicted octanol–water partition coefficient (Wildman–Crippen LogP) is 1.49. The average molecular weight is 304 g/mol. The number of hydrogen-bond donors (Lipinski definition) is 2. The number of imide groups is 1. The van der Waals surface area contributed by atoms with Crippen LogP contribution in [-0.2, 0) is 4.79 Å². The normalized spacial score (nSPS) is 15.9. The maximum atomic E-state index is 12.1. The first-order valence-corrected chi connectivity index (χ1v) is 6.42. The van der Waals surface area contributed by atoms with Crippen molar-refractivity contribution >= 4 is 18.0 Å². The van der Waals surface area contributed by atoms with Crippen LogP contribution >= 0.6 is 0 Å². The molecular weight excluding hydrogens is 288 g/mol. The molecule has 0 bridgehead atoms. The summed E-state index contributed by atoms with van der Waals surface area (Å²) in [5.41, 5.74) is 0.664. The summed E-state index contributed by atoms with van der Waals surface area (Å²) >= 11 is 0. The number of aromatic hydroxyl groups is 1. The number of amides is 3. The Morgan fingerprint density at radius 1 is 1.27 bits per heavy atom. The van der Waals surface area contributed by atoms with Crippen molar-refractivity contribution in [1.82, 2.24) is 10.2 Å². The summed E-state index contributed by atoms with van der Waals surface area (Å²) in [5, 5.41) is 12.3. The first kappa shape index (κ1) is 15.4. The first-order valence-electron chi connectivity index (χ1n) is 6.42. The Bertz CT molecular complexity index is 641. The number of rotatable bonds is 5. The first-order chi connectivity index (χ1) is 10.5. The highest BCUT2D eigenvalue weighted by molar-refractivity contribution is 6.14. The minimum atomic E-state index is -0.506. The number of methoxy groups -OCH3 is 2. The van der Waals surface area contributed by atoms with Gasteiger partial charge in [-0.05, 0) is 23.8 Å². The fourth-order valence-corrected chi connectivity index (χ4v) is 2.03. The Morgan fingerprint density at radius 3 is 2.36 bits per heavy atom. The molecule has 0 aliphatic carbocycles. The lowest BCUT2D eigenvalue weighted by Gasteiger charge is -2.09. The van der Waals surface area contributed by atoms with Crippen molar-refractivity contribution in [2.45, 2.75) is 0 Å². The smallest absolute Gasteiger partial charge is 0.329 e. The Balaban J connectivity index is 2.39. The Kier molecular flexibility index (Phi) is 4.36. The molecule has 3 amide bonds. The minimum Gasteiger partial charge on any atom is -0.502 e. The largest absolute Gasteiger partial charge is 0.502 e. The predicted molar refractivity (Wildman–Crippen MR) is 79.6 cm³/mol. The molecule has 1 aliphatic rings. The molecule has 1 heterocycles. The van der Waals surface area contributed by atoms with Crippen molar-refractivity contribution in [3.05, 3.63) is 36.0 Å². The van der Waals surface area contributed by atoms with Gasteiger partial charge in [0.2, 0.25) is 5.75 Å². The number of urea groups is 1. The average Bonchev–Trinajstić information content (AvgIpc) is 2.76. The summed E-state index contributed by atoms with van der Waals surface area (Å²) in [6, 6.07) is 2.55. The second-order valence-electron chi connectivity index (χ2n) is 4.47. The van der Waals surface area contributed by atoms with Crippen LogP contribution < -0.4 is 14.8 Å². The van der Waals surface area contributed by atoms with Gasteiger partial charge in [0.1, 0.15) is 5.70 Å². The fraction of sp³-hybridized carbons (Fsp3) is 0.200. The van der Waals surface area contributed by atoms with Gasteiger partial charge in [-0.25, -0.2) is 4.79 Å². The van der Waals surface area contributed by atoms with Crippen LogP contribution in [0, 0.1) is 0 Å². The molecule has 7 heteroatoms. The van der Waals surface area contributed by atoms with Crippen molar-refractivity contribution in [2.24, 2.45) is 0 Å². The van der Waals surface area contributed by atoms with Crippen LogP contribution in [0.5, 0.6) is 17.2 Å². The van der Waals surface area contributed by atoms with Gasteiger partial charge in [0.05, 0.1) is 14.2 Å². The van der Waals surface area contributed by atoms with Crippen LogP contribution in [0.15, 0.2) is 30.5 Å². The molecule has 1 saturated heterocycles. The van der Waals surface area contributed by atoms with Gasteiger partial charge in [0.15, 0.2) is 11.5 Å². The van der Waals surface area contributed by atoms with Crippen molar-refractivity contribution in [3.63, 3.8) is 0 Å². The number of hydrogen-bond acceptors (Lipinski definition) is 5. The van der Waals surface area contributed by atoms with E-state index in [1.54, 1.807) is 0 Å². The number of carbonyl (C=O) groups is 2. The standard InChI is InChI=1S/C15H16N2O5/c1-4-5-17-14(19)10(16-15(17)20)6-9-7-11(21-2)13(18)12(8-9)22-3/h4,6-8,18H,1,5H2,2-3H3,(H,16,20)/b10-6-. The maximum absolute atomic E-state index is 12.1. The second-order valence-corrected chi connectivity index (χ2v) is 4.47. The van der Waals surface area contributed by atoms with E-state index in [0.29, 0.717) is 5.56 Å². The third kappa shape index (κ3) is 2.73. The molecule has 0 saturated carbocycles. The van der Waals surface area contributed by atoms with Crippen molar-refractivity contribution < 1.29 is 24.2 Å². The topological polar surface area (TPSA) is 88.1 Å². The number of phenolic OH excluding ortho intramolecular Hbond substituents is 1. The Labute approximate surface area is 127 Å². The molecule has 1 fully saturated rings. The molecule has 116 valence electrons. The number of benzene rings is 1. The molecular formula is C15H16N2O5. The summed E-state index contributed by atoms with van der Waals surface area (Å²) < 4.78 is 10.1. The van der Waals surface area contributed by atoms with E-state index in [4.69, 9.17) is 9.47 Å². The molecule has 0 radical (unpaired) electrons. The molecule has 7 nitrogen and oxygen atoms in total. The quantitative estimate of drug-likeness (QED) is 0.489. The molecule has 0 unspecified atom stereocenters. The molecule has 1 aliphatic heterocycles. The van der Waals surface area contributed by atoms with Gasteiger partial charge in [0, 0.05) is 6.54 Å². The summed E-state index contributed by atoms with van der Waals surface area (Å²) in [7, 11) is 2.81. The van der Waals surface area contributed by atoms with Crippen molar-refractivity contribution in [3.8, 4) is 17.2 Å². The van der Waals surface area contributed by atoms with Crippen LogP contribution in [0.4, 0.5) is 4.79 Å². The molecule has 1 aromatic carbocycles. The van der Waals surface area contributed by atoms with Gasteiger partial charge in [-0.2, -0.15) is 0 Å². The van der Waals surface area contributed by atoms with Crippen LogP contribution in [0.25, 0.3) is 6.08 Å². The van der Waals surface area contributed by atoms with Gasteiger partial charge in [-0.3, -0.25) is 9.69 Å². The van der Waals surface area contributed by atoms with E-state index < -0.39 is 11.9 Å². The van der Waals surface area contributed by atoms with E-state index in [2.05, 4.69) is 11.9 Å². The lowest BCUT2D eigenvalue weighted by Crippen LogP contribution is -2.30. The van der Waals surface area contributed by atoms with Gasteiger partial charge >= 0.3 is 6.03 Å². The second kappa shape index (κ2) is 6.21. The zero-order valence-electron chi connectivity index (χ0n) is 12.3. The third-order valence-electron chi connectivity index (χ3n) is 3.09. The van der Waals surface area contributed by atoms with Crippen LogP contribution in [0.1, 0.15) is 5.56 Å². The number of ether oxygens (including phenoxy) is 2. The highest BCUT2D eigenvalue weighted by atomic mass is 16.5. The van der Waals surface area contributed by atoms with Gasteiger partial charge in [-0.1, -0.05) is 6.08 Å². The Hall–Kier alpha value is -2.96. The van der Waals surface area contributed by atoms with Gasteiger partial charge in [-0.15, -0.1) is 6.58 Å². The lowest BCUT2D eigenvalue weighted by molar-refractivity contribution is -0.122. The molecule has 0 atom stereocenters. The van der Waals surface area contributed by atoms with Crippen molar-refractivity contribution in [2.75, 3.05) is 20.8 Å². The molecule has 22 heavy (non-hydrogen) atoms. The molecule has 2 rings (SSSR count). The number of nitrogens with zero attached hydrogens (tertiary/aromatic N) is 1. The van der Waals surface area contributed by atoms with E-state index in [0.717, 1.165) is 4.90 Å². The summed E-state index contributed by atoms with van der Waals surface area (Å²) in [5.74, 6) is -0.185. The number of nitrogens with one attached hydrogen (secondary N) is 1. The van der Waals surface area contributed by atoms with E-state index in [9.17, 15) is 14.7 Å². The molecule has 2 N–H and O–H groups in total. The highest BCUT2D eigenvalue weighted by Crippen LogP contribution is 2.37. The molecule has 0 spiro atoms. The van der Waals surface area contributed by atoms with E-state index in [1.165, 1.54) is 38.5 Å². The molecule has 0 aromatic heterocycles. The number of carbonyl (C=O) groups excluding carboxylic acids is 2.